The van der Waals surface area contributed by atoms with E-state index in [-0.39, 0.29) is 30.0 Å². The van der Waals surface area contributed by atoms with Gasteiger partial charge in [-0.05, 0) is 37.5 Å². The Morgan fingerprint density at radius 3 is 2.70 bits per heavy atom. The number of rotatable bonds is 9. The van der Waals surface area contributed by atoms with Crippen molar-refractivity contribution in [1.82, 2.24) is 15.4 Å². The van der Waals surface area contributed by atoms with E-state index in [0.717, 1.165) is 5.56 Å². The standard InChI is InChI=1S/C28H31N3O6/c1-3-36-28(34)21-12-8-14-31(18-21)27(33)24(15-19-9-5-4-6-10-19)29-26(32)23-17-25(37-30-23)20-11-7-13-22(16-20)35-2/h4-7,9-11,13,16-17,21,24H,3,8,12,14-15,18H2,1-2H3,(H,29,32)/t21-,24+/m1/s1. The van der Waals surface area contributed by atoms with Gasteiger partial charge in [0.05, 0.1) is 19.6 Å². The first-order valence-corrected chi connectivity index (χ1v) is 12.4. The molecule has 1 aliphatic rings. The van der Waals surface area contributed by atoms with Crippen LogP contribution in [0.2, 0.25) is 0 Å². The molecule has 4 rings (SSSR count). The number of carbonyl (C=O) groups excluding carboxylic acids is 3. The van der Waals surface area contributed by atoms with Crippen LogP contribution in [0.15, 0.2) is 65.2 Å². The molecular formula is C28H31N3O6. The minimum atomic E-state index is -0.840. The smallest absolute Gasteiger partial charge is 0.310 e. The molecular weight excluding hydrogens is 474 g/mol. The van der Waals surface area contributed by atoms with Gasteiger partial charge in [0.1, 0.15) is 11.8 Å². The lowest BCUT2D eigenvalue weighted by molar-refractivity contribution is -0.151. The molecule has 2 amide bonds. The summed E-state index contributed by atoms with van der Waals surface area (Å²) in [7, 11) is 1.57. The van der Waals surface area contributed by atoms with Crippen LogP contribution in [0.1, 0.15) is 35.8 Å². The second kappa shape index (κ2) is 12.2. The molecule has 1 aromatic heterocycles. The molecule has 9 nitrogen and oxygen atoms in total. The van der Waals surface area contributed by atoms with Crippen molar-refractivity contribution < 1.29 is 28.4 Å². The first-order chi connectivity index (χ1) is 18.0. The third-order valence-corrected chi connectivity index (χ3v) is 6.34. The molecule has 1 N–H and O–H groups in total. The number of aromatic nitrogens is 1. The largest absolute Gasteiger partial charge is 0.497 e. The zero-order valence-electron chi connectivity index (χ0n) is 21.0. The van der Waals surface area contributed by atoms with Crippen LogP contribution in [-0.2, 0) is 20.7 Å². The number of carbonyl (C=O) groups is 3. The monoisotopic (exact) mass is 505 g/mol. The SMILES string of the molecule is CCOC(=O)[C@@H]1CCCN(C(=O)[C@H](Cc2ccccc2)NC(=O)c2cc(-c3cccc(OC)c3)on2)C1. The Labute approximate surface area is 215 Å². The van der Waals surface area contributed by atoms with Gasteiger partial charge in [-0.1, -0.05) is 47.6 Å². The van der Waals surface area contributed by atoms with Gasteiger partial charge in [-0.3, -0.25) is 14.4 Å². The number of hydrogen-bond donors (Lipinski definition) is 1. The molecule has 3 aromatic rings. The third-order valence-electron chi connectivity index (χ3n) is 6.34. The molecule has 0 bridgehead atoms. The van der Waals surface area contributed by atoms with E-state index in [1.54, 1.807) is 31.1 Å². The second-order valence-electron chi connectivity index (χ2n) is 8.90. The summed E-state index contributed by atoms with van der Waals surface area (Å²) in [6.45, 7) is 2.84. The maximum absolute atomic E-state index is 13.6. The highest BCUT2D eigenvalue weighted by atomic mass is 16.5. The summed E-state index contributed by atoms with van der Waals surface area (Å²) < 4.78 is 15.8. The molecule has 0 radical (unpaired) electrons. The normalized spacial score (nSPS) is 16.1. The van der Waals surface area contributed by atoms with Crippen molar-refractivity contribution in [3.05, 3.63) is 71.9 Å². The van der Waals surface area contributed by atoms with Gasteiger partial charge in [0.15, 0.2) is 11.5 Å². The number of hydrogen-bond acceptors (Lipinski definition) is 7. The van der Waals surface area contributed by atoms with E-state index in [0.29, 0.717) is 49.5 Å². The highest BCUT2D eigenvalue weighted by Crippen LogP contribution is 2.25. The number of amides is 2. The first kappa shape index (κ1) is 25.9. The molecule has 2 heterocycles. The van der Waals surface area contributed by atoms with Crippen LogP contribution < -0.4 is 10.1 Å². The maximum atomic E-state index is 13.6. The number of nitrogens with zero attached hydrogens (tertiary/aromatic N) is 2. The van der Waals surface area contributed by atoms with Gasteiger partial charge in [0, 0.05) is 31.1 Å². The quantitative estimate of drug-likeness (QED) is 0.443. The van der Waals surface area contributed by atoms with Gasteiger partial charge in [0.25, 0.3) is 5.91 Å². The van der Waals surface area contributed by atoms with Gasteiger partial charge in [0.2, 0.25) is 5.91 Å². The Balaban J connectivity index is 1.51. The minimum absolute atomic E-state index is 0.0618. The predicted molar refractivity (Wildman–Crippen MR) is 136 cm³/mol. The maximum Gasteiger partial charge on any atom is 0.310 e. The van der Waals surface area contributed by atoms with Crippen molar-refractivity contribution in [2.45, 2.75) is 32.2 Å². The topological polar surface area (TPSA) is 111 Å². The zero-order chi connectivity index (χ0) is 26.2. The number of benzene rings is 2. The summed E-state index contributed by atoms with van der Waals surface area (Å²) in [5.74, 6) is -0.378. The fourth-order valence-electron chi connectivity index (χ4n) is 4.43. The molecule has 0 saturated carbocycles. The molecule has 1 saturated heterocycles. The van der Waals surface area contributed by atoms with E-state index in [4.69, 9.17) is 14.0 Å². The lowest BCUT2D eigenvalue weighted by Gasteiger charge is -2.34. The zero-order valence-corrected chi connectivity index (χ0v) is 21.0. The molecule has 37 heavy (non-hydrogen) atoms. The third kappa shape index (κ3) is 6.55. The Bertz CT molecular complexity index is 1230. The van der Waals surface area contributed by atoms with E-state index in [9.17, 15) is 14.4 Å². The van der Waals surface area contributed by atoms with E-state index in [1.165, 1.54) is 6.07 Å². The summed E-state index contributed by atoms with van der Waals surface area (Å²) in [5, 5.41) is 6.76. The van der Waals surface area contributed by atoms with E-state index in [2.05, 4.69) is 10.5 Å². The lowest BCUT2D eigenvalue weighted by Crippen LogP contribution is -2.53. The van der Waals surface area contributed by atoms with Gasteiger partial charge in [-0.25, -0.2) is 0 Å². The summed E-state index contributed by atoms with van der Waals surface area (Å²) >= 11 is 0. The van der Waals surface area contributed by atoms with Gasteiger partial charge < -0.3 is 24.2 Å². The molecule has 2 atom stereocenters. The fraction of sp³-hybridized carbons (Fsp3) is 0.357. The summed E-state index contributed by atoms with van der Waals surface area (Å²) in [6.07, 6.45) is 1.66. The molecule has 2 aromatic carbocycles. The Hall–Kier alpha value is -4.14. The van der Waals surface area contributed by atoms with Gasteiger partial charge in [-0.15, -0.1) is 0 Å². The molecule has 1 fully saturated rings. The average Bonchev–Trinajstić information content (AvgIpc) is 3.44. The Morgan fingerprint density at radius 1 is 1.14 bits per heavy atom. The highest BCUT2D eigenvalue weighted by Gasteiger charge is 2.33. The lowest BCUT2D eigenvalue weighted by atomic mass is 9.96. The Kier molecular flexibility index (Phi) is 8.56. The molecule has 0 spiro atoms. The van der Waals surface area contributed by atoms with Crippen LogP contribution in [0.5, 0.6) is 5.75 Å². The average molecular weight is 506 g/mol. The number of nitrogens with one attached hydrogen (secondary N) is 1. The molecule has 9 heteroatoms. The molecule has 1 aliphatic heterocycles. The molecule has 0 aliphatic carbocycles. The van der Waals surface area contributed by atoms with Crippen molar-refractivity contribution in [1.29, 1.82) is 0 Å². The number of ether oxygens (including phenoxy) is 2. The number of methoxy groups -OCH3 is 1. The van der Waals surface area contributed by atoms with Crippen molar-refractivity contribution in [2.75, 3.05) is 26.8 Å². The Morgan fingerprint density at radius 2 is 1.95 bits per heavy atom. The summed E-state index contributed by atoms with van der Waals surface area (Å²) in [5.41, 5.74) is 1.67. The minimum Gasteiger partial charge on any atom is -0.497 e. The second-order valence-corrected chi connectivity index (χ2v) is 8.90. The van der Waals surface area contributed by atoms with Gasteiger partial charge in [-0.2, -0.15) is 0 Å². The number of piperidine rings is 1. The molecule has 194 valence electrons. The summed E-state index contributed by atoms with van der Waals surface area (Å²) in [4.78, 5) is 40.7. The van der Waals surface area contributed by atoms with Crippen LogP contribution in [0.4, 0.5) is 0 Å². The van der Waals surface area contributed by atoms with E-state index in [1.807, 2.05) is 42.5 Å². The van der Waals surface area contributed by atoms with E-state index >= 15 is 0 Å². The van der Waals surface area contributed by atoms with Crippen molar-refractivity contribution >= 4 is 17.8 Å². The number of likely N-dealkylation sites (tertiary alicyclic amines) is 1. The first-order valence-electron chi connectivity index (χ1n) is 12.4. The summed E-state index contributed by atoms with van der Waals surface area (Å²) in [6, 6.07) is 17.4. The van der Waals surface area contributed by atoms with Crippen LogP contribution in [0, 0.1) is 5.92 Å². The van der Waals surface area contributed by atoms with Crippen LogP contribution in [0.3, 0.4) is 0 Å². The van der Waals surface area contributed by atoms with Crippen molar-refractivity contribution in [3.63, 3.8) is 0 Å². The van der Waals surface area contributed by atoms with Crippen LogP contribution >= 0.6 is 0 Å². The van der Waals surface area contributed by atoms with Crippen molar-refractivity contribution in [2.24, 2.45) is 5.92 Å². The molecule has 0 unspecified atom stereocenters. The highest BCUT2D eigenvalue weighted by molar-refractivity contribution is 5.97. The van der Waals surface area contributed by atoms with Crippen LogP contribution in [-0.4, -0.2) is 60.7 Å². The predicted octanol–water partition coefficient (Wildman–Crippen LogP) is 3.49. The fourth-order valence-corrected chi connectivity index (χ4v) is 4.43. The van der Waals surface area contributed by atoms with Gasteiger partial charge >= 0.3 is 5.97 Å². The van der Waals surface area contributed by atoms with Crippen molar-refractivity contribution in [3.8, 4) is 17.1 Å². The van der Waals surface area contributed by atoms with E-state index < -0.39 is 11.9 Å². The number of esters is 1. The van der Waals surface area contributed by atoms with Crippen LogP contribution in [0.25, 0.3) is 11.3 Å².